The van der Waals surface area contributed by atoms with E-state index in [1.807, 2.05) is 13.8 Å². The molecule has 2 N–H and O–H groups in total. The Hall–Kier alpha value is -1.51. The molecular formula is C12H18N2O5S. The van der Waals surface area contributed by atoms with Gasteiger partial charge in [-0.05, 0) is 12.1 Å². The topological polar surface area (TPSA) is 110 Å². The minimum Gasteiger partial charge on any atom is -0.391 e. The van der Waals surface area contributed by atoms with Gasteiger partial charge < -0.3 is 10.4 Å². The lowest BCUT2D eigenvalue weighted by atomic mass is 10.3. The molecule has 7 nitrogen and oxygen atoms in total. The second-order valence-electron chi connectivity index (χ2n) is 4.75. The molecule has 0 bridgehead atoms. The molecule has 112 valence electrons. The lowest BCUT2D eigenvalue weighted by molar-refractivity contribution is -0.384. The molecule has 0 aliphatic heterocycles. The Bertz CT molecular complexity index is 554. The van der Waals surface area contributed by atoms with E-state index in [0.717, 1.165) is 12.1 Å². The number of nitrogens with one attached hydrogen (secondary N) is 1. The predicted molar refractivity (Wildman–Crippen MR) is 74.3 cm³/mol. The molecule has 0 heterocycles. The summed E-state index contributed by atoms with van der Waals surface area (Å²) < 4.78 is 24.0. The number of sulfone groups is 1. The number of rotatable bonds is 7. The number of benzene rings is 1. The molecular weight excluding hydrogens is 284 g/mol. The summed E-state index contributed by atoms with van der Waals surface area (Å²) in [7, 11) is -3.66. The van der Waals surface area contributed by atoms with E-state index in [9.17, 15) is 23.6 Å². The molecule has 20 heavy (non-hydrogen) atoms. The van der Waals surface area contributed by atoms with Crippen molar-refractivity contribution in [1.82, 2.24) is 5.32 Å². The van der Waals surface area contributed by atoms with Gasteiger partial charge in [0.05, 0.1) is 21.7 Å². The van der Waals surface area contributed by atoms with Gasteiger partial charge in [-0.3, -0.25) is 10.1 Å². The first-order chi connectivity index (χ1) is 9.22. The van der Waals surface area contributed by atoms with Gasteiger partial charge in [-0.1, -0.05) is 13.8 Å². The number of nitrogens with zero attached hydrogens (tertiary/aromatic N) is 1. The number of aliphatic hydroxyl groups is 1. The SMILES string of the molecule is CC(C)NCC(O)CS(=O)(=O)c1ccc([N+](=O)[O-])cc1. The van der Waals surface area contributed by atoms with Crippen LogP contribution in [0.25, 0.3) is 0 Å². The van der Waals surface area contributed by atoms with E-state index in [-0.39, 0.29) is 23.2 Å². The molecule has 0 radical (unpaired) electrons. The number of non-ortho nitro benzene ring substituents is 1. The predicted octanol–water partition coefficient (Wildman–Crippen LogP) is 0.727. The van der Waals surface area contributed by atoms with Crippen molar-refractivity contribution >= 4 is 15.5 Å². The van der Waals surface area contributed by atoms with Gasteiger partial charge in [0.1, 0.15) is 0 Å². The van der Waals surface area contributed by atoms with Gasteiger partial charge in [-0.15, -0.1) is 0 Å². The molecule has 1 rings (SSSR count). The minimum absolute atomic E-state index is 0.0355. The molecule has 1 unspecified atom stereocenters. The van der Waals surface area contributed by atoms with Crippen LogP contribution in [0.5, 0.6) is 0 Å². The summed E-state index contributed by atoms with van der Waals surface area (Å²) >= 11 is 0. The van der Waals surface area contributed by atoms with Crippen LogP contribution in [0, 0.1) is 10.1 Å². The third-order valence-corrected chi connectivity index (χ3v) is 4.39. The molecule has 0 saturated carbocycles. The zero-order valence-electron chi connectivity index (χ0n) is 11.3. The Morgan fingerprint density at radius 3 is 2.30 bits per heavy atom. The highest BCUT2D eigenvalue weighted by atomic mass is 32.2. The van der Waals surface area contributed by atoms with Crippen molar-refractivity contribution in [2.24, 2.45) is 0 Å². The van der Waals surface area contributed by atoms with Gasteiger partial charge >= 0.3 is 0 Å². The first kappa shape index (κ1) is 16.5. The average molecular weight is 302 g/mol. The van der Waals surface area contributed by atoms with E-state index in [1.54, 1.807) is 0 Å². The maximum Gasteiger partial charge on any atom is 0.269 e. The smallest absolute Gasteiger partial charge is 0.269 e. The van der Waals surface area contributed by atoms with Crippen molar-refractivity contribution in [3.8, 4) is 0 Å². The fourth-order valence-electron chi connectivity index (χ4n) is 1.56. The van der Waals surface area contributed by atoms with Crippen molar-refractivity contribution < 1.29 is 18.4 Å². The molecule has 8 heteroatoms. The second-order valence-corrected chi connectivity index (χ2v) is 6.78. The number of hydrogen-bond acceptors (Lipinski definition) is 6. The monoisotopic (exact) mass is 302 g/mol. The van der Waals surface area contributed by atoms with Crippen molar-refractivity contribution in [3.05, 3.63) is 34.4 Å². The van der Waals surface area contributed by atoms with Crippen LogP contribution in [0.15, 0.2) is 29.2 Å². The van der Waals surface area contributed by atoms with Crippen LogP contribution in [-0.2, 0) is 9.84 Å². The van der Waals surface area contributed by atoms with Gasteiger partial charge in [0.25, 0.3) is 5.69 Å². The highest BCUT2D eigenvalue weighted by molar-refractivity contribution is 7.91. The maximum absolute atomic E-state index is 12.0. The molecule has 0 aliphatic rings. The zero-order chi connectivity index (χ0) is 15.3. The van der Waals surface area contributed by atoms with E-state index in [0.29, 0.717) is 0 Å². The van der Waals surface area contributed by atoms with Gasteiger partial charge in [0.15, 0.2) is 9.84 Å². The minimum atomic E-state index is -3.66. The Kier molecular flexibility index (Phi) is 5.61. The molecule has 0 aliphatic carbocycles. The molecule has 0 saturated heterocycles. The average Bonchev–Trinajstić information content (AvgIpc) is 2.36. The Morgan fingerprint density at radius 2 is 1.85 bits per heavy atom. The Labute approximate surface area is 117 Å². The second kappa shape index (κ2) is 6.78. The molecule has 1 aromatic rings. The van der Waals surface area contributed by atoms with Crippen LogP contribution in [0.1, 0.15) is 13.8 Å². The third-order valence-electron chi connectivity index (χ3n) is 2.58. The highest BCUT2D eigenvalue weighted by Gasteiger charge is 2.20. The van der Waals surface area contributed by atoms with Gasteiger partial charge in [-0.25, -0.2) is 8.42 Å². The lowest BCUT2D eigenvalue weighted by Crippen LogP contribution is -2.35. The van der Waals surface area contributed by atoms with Gasteiger partial charge in [0.2, 0.25) is 0 Å². The van der Waals surface area contributed by atoms with Crippen LogP contribution in [0.3, 0.4) is 0 Å². The number of aliphatic hydroxyl groups excluding tert-OH is 1. The summed E-state index contributed by atoms with van der Waals surface area (Å²) in [5.74, 6) is -0.426. The molecule has 0 fully saturated rings. The molecule has 1 aromatic carbocycles. The summed E-state index contributed by atoms with van der Waals surface area (Å²) in [6, 6.07) is 4.76. The van der Waals surface area contributed by atoms with E-state index in [1.165, 1.54) is 12.1 Å². The Balaban J connectivity index is 2.75. The van der Waals surface area contributed by atoms with Crippen LogP contribution >= 0.6 is 0 Å². The van der Waals surface area contributed by atoms with E-state index in [4.69, 9.17) is 0 Å². The summed E-state index contributed by atoms with van der Waals surface area (Å²) in [5.41, 5.74) is -0.175. The lowest BCUT2D eigenvalue weighted by Gasteiger charge is -2.14. The fraction of sp³-hybridized carbons (Fsp3) is 0.500. The van der Waals surface area contributed by atoms with E-state index in [2.05, 4.69) is 5.32 Å². The highest BCUT2D eigenvalue weighted by Crippen LogP contribution is 2.17. The van der Waals surface area contributed by atoms with Crippen molar-refractivity contribution in [1.29, 1.82) is 0 Å². The first-order valence-electron chi connectivity index (χ1n) is 6.11. The molecule has 0 amide bonds. The van der Waals surface area contributed by atoms with Crippen molar-refractivity contribution in [2.75, 3.05) is 12.3 Å². The van der Waals surface area contributed by atoms with Crippen LogP contribution in [0.2, 0.25) is 0 Å². The van der Waals surface area contributed by atoms with Gasteiger partial charge in [0, 0.05) is 24.7 Å². The molecule has 0 aromatic heterocycles. The summed E-state index contributed by atoms with van der Waals surface area (Å²) in [6.45, 7) is 3.94. The van der Waals surface area contributed by atoms with E-state index < -0.39 is 26.6 Å². The van der Waals surface area contributed by atoms with Crippen molar-refractivity contribution in [3.63, 3.8) is 0 Å². The van der Waals surface area contributed by atoms with Crippen LogP contribution < -0.4 is 5.32 Å². The van der Waals surface area contributed by atoms with Crippen LogP contribution in [0.4, 0.5) is 5.69 Å². The van der Waals surface area contributed by atoms with E-state index >= 15 is 0 Å². The van der Waals surface area contributed by atoms with Gasteiger partial charge in [-0.2, -0.15) is 0 Å². The normalized spacial score (nSPS) is 13.4. The quantitative estimate of drug-likeness (QED) is 0.567. The summed E-state index contributed by atoms with van der Waals surface area (Å²) in [5, 5.41) is 23.1. The largest absolute Gasteiger partial charge is 0.391 e. The van der Waals surface area contributed by atoms with Crippen LogP contribution in [-0.4, -0.2) is 42.9 Å². The number of hydrogen-bond donors (Lipinski definition) is 2. The summed E-state index contributed by atoms with van der Waals surface area (Å²) in [4.78, 5) is 9.86. The first-order valence-corrected chi connectivity index (χ1v) is 7.76. The van der Waals surface area contributed by atoms with Crippen molar-refractivity contribution in [2.45, 2.75) is 30.9 Å². The molecule has 0 spiro atoms. The number of nitro groups is 1. The zero-order valence-corrected chi connectivity index (χ0v) is 12.1. The Morgan fingerprint density at radius 1 is 1.30 bits per heavy atom. The molecule has 1 atom stereocenters. The standard InChI is InChI=1S/C12H18N2O5S/c1-9(2)13-7-11(15)8-20(18,19)12-5-3-10(4-6-12)14(16)17/h3-6,9,11,13,15H,7-8H2,1-2H3. The summed E-state index contributed by atoms with van der Waals surface area (Å²) in [6.07, 6.45) is -1.03. The fourth-order valence-corrected chi connectivity index (χ4v) is 2.92. The third kappa shape index (κ3) is 4.87. The number of nitro benzene ring substituents is 1. The maximum atomic E-state index is 12.0.